The molecule has 1 aliphatic heterocycles. The molecule has 1 saturated carbocycles. The van der Waals surface area contributed by atoms with Crippen molar-refractivity contribution in [3.05, 3.63) is 0 Å². The highest BCUT2D eigenvalue weighted by molar-refractivity contribution is 6.09. The van der Waals surface area contributed by atoms with Crippen molar-refractivity contribution in [3.8, 4) is 0 Å². The second-order valence-corrected chi connectivity index (χ2v) is 6.02. The number of imide groups is 1. The number of urea groups is 1. The molecule has 0 bridgehead atoms. The summed E-state index contributed by atoms with van der Waals surface area (Å²) in [6.45, 7) is 2.53. The fraction of sp³-hybridized carbons (Fsp3) is 0.800. The molecule has 4 amide bonds. The van der Waals surface area contributed by atoms with Crippen LogP contribution < -0.4 is 10.6 Å². The molecule has 6 heteroatoms. The monoisotopic (exact) mass is 295 g/mol. The van der Waals surface area contributed by atoms with Gasteiger partial charge in [-0.1, -0.05) is 39.0 Å². The lowest BCUT2D eigenvalue weighted by Crippen LogP contribution is -2.49. The molecule has 0 atom stereocenters. The van der Waals surface area contributed by atoms with Crippen LogP contribution in [-0.4, -0.2) is 41.4 Å². The van der Waals surface area contributed by atoms with E-state index in [0.29, 0.717) is 19.4 Å². The van der Waals surface area contributed by atoms with Crippen molar-refractivity contribution < 1.29 is 14.4 Å². The Morgan fingerprint density at radius 1 is 1.24 bits per heavy atom. The molecular formula is C15H25N3O3. The summed E-state index contributed by atoms with van der Waals surface area (Å²) in [5.74, 6) is -0.488. The van der Waals surface area contributed by atoms with Gasteiger partial charge in [-0.3, -0.25) is 14.5 Å². The Morgan fingerprint density at radius 3 is 2.62 bits per heavy atom. The first-order chi connectivity index (χ1) is 10.1. The van der Waals surface area contributed by atoms with Crippen LogP contribution in [0.5, 0.6) is 0 Å². The maximum Gasteiger partial charge on any atom is 0.325 e. The molecule has 1 spiro atoms. The lowest BCUT2D eigenvalue weighted by molar-refractivity contribution is -0.135. The standard InChI is InChI=1S/C15H25N3O3/c1-2-3-7-10-16-12(19)11-18-13(20)15(17-14(18)21)8-5-4-6-9-15/h2-11H2,1H3,(H,16,19)(H,17,21). The first kappa shape index (κ1) is 15.8. The minimum absolute atomic E-state index is 0.168. The average molecular weight is 295 g/mol. The Hall–Kier alpha value is -1.59. The molecular weight excluding hydrogens is 270 g/mol. The number of hydrogen-bond donors (Lipinski definition) is 2. The average Bonchev–Trinajstić information content (AvgIpc) is 2.69. The molecule has 2 rings (SSSR count). The molecule has 6 nitrogen and oxygen atoms in total. The lowest BCUT2D eigenvalue weighted by Gasteiger charge is -2.30. The van der Waals surface area contributed by atoms with Gasteiger partial charge in [0, 0.05) is 6.54 Å². The molecule has 0 aromatic heterocycles. The quantitative estimate of drug-likeness (QED) is 0.576. The van der Waals surface area contributed by atoms with Crippen LogP contribution in [0.25, 0.3) is 0 Å². The highest BCUT2D eigenvalue weighted by Crippen LogP contribution is 2.33. The second kappa shape index (κ2) is 6.91. The number of nitrogens with one attached hydrogen (secondary N) is 2. The highest BCUT2D eigenvalue weighted by atomic mass is 16.2. The van der Waals surface area contributed by atoms with Gasteiger partial charge in [-0.2, -0.15) is 0 Å². The minimum atomic E-state index is -0.738. The van der Waals surface area contributed by atoms with Gasteiger partial charge in [0.15, 0.2) is 0 Å². The molecule has 0 unspecified atom stereocenters. The normalized spacial score (nSPS) is 20.7. The van der Waals surface area contributed by atoms with Gasteiger partial charge in [0.25, 0.3) is 5.91 Å². The van der Waals surface area contributed by atoms with E-state index in [2.05, 4.69) is 17.6 Å². The summed E-state index contributed by atoms with van der Waals surface area (Å²) in [4.78, 5) is 37.4. The lowest BCUT2D eigenvalue weighted by atomic mass is 9.82. The Bertz CT molecular complexity index is 416. The highest BCUT2D eigenvalue weighted by Gasteiger charge is 2.51. The topological polar surface area (TPSA) is 78.5 Å². The maximum absolute atomic E-state index is 12.5. The third-order valence-corrected chi connectivity index (χ3v) is 4.36. The number of carbonyl (C=O) groups is 3. The first-order valence-corrected chi connectivity index (χ1v) is 8.00. The van der Waals surface area contributed by atoms with Crippen LogP contribution in [0, 0.1) is 0 Å². The Balaban J connectivity index is 1.87. The molecule has 1 saturated heterocycles. The summed E-state index contributed by atoms with van der Waals surface area (Å²) < 4.78 is 0. The minimum Gasteiger partial charge on any atom is -0.355 e. The Kier molecular flexibility index (Phi) is 5.20. The Labute approximate surface area is 125 Å². The fourth-order valence-electron chi connectivity index (χ4n) is 3.12. The zero-order valence-electron chi connectivity index (χ0n) is 12.7. The molecule has 1 aliphatic carbocycles. The number of hydrogen-bond acceptors (Lipinski definition) is 3. The van der Waals surface area contributed by atoms with Gasteiger partial charge >= 0.3 is 6.03 Å². The van der Waals surface area contributed by atoms with Crippen molar-refractivity contribution >= 4 is 17.8 Å². The van der Waals surface area contributed by atoms with Gasteiger partial charge in [-0.25, -0.2) is 4.79 Å². The fourth-order valence-corrected chi connectivity index (χ4v) is 3.12. The van der Waals surface area contributed by atoms with Crippen LogP contribution >= 0.6 is 0 Å². The van der Waals surface area contributed by atoms with Gasteiger partial charge in [0.05, 0.1) is 0 Å². The van der Waals surface area contributed by atoms with Crippen LogP contribution in [0.15, 0.2) is 0 Å². The smallest absolute Gasteiger partial charge is 0.325 e. The molecule has 1 heterocycles. The van der Waals surface area contributed by atoms with Crippen LogP contribution in [0.3, 0.4) is 0 Å². The number of rotatable bonds is 6. The molecule has 0 aromatic carbocycles. The molecule has 2 N–H and O–H groups in total. The predicted molar refractivity (Wildman–Crippen MR) is 78.6 cm³/mol. The predicted octanol–water partition coefficient (Wildman–Crippen LogP) is 1.55. The molecule has 118 valence electrons. The van der Waals surface area contributed by atoms with Gasteiger partial charge in [-0.15, -0.1) is 0 Å². The maximum atomic E-state index is 12.5. The summed E-state index contributed by atoms with van der Waals surface area (Å²) in [6, 6.07) is -0.425. The van der Waals surface area contributed by atoms with Crippen LogP contribution in [0.2, 0.25) is 0 Å². The summed E-state index contributed by atoms with van der Waals surface area (Å²) >= 11 is 0. The van der Waals surface area contributed by atoms with Crippen molar-refractivity contribution in [1.29, 1.82) is 0 Å². The first-order valence-electron chi connectivity index (χ1n) is 8.00. The van der Waals surface area contributed by atoms with Crippen LogP contribution in [0.1, 0.15) is 58.3 Å². The molecule has 2 aliphatic rings. The van der Waals surface area contributed by atoms with Crippen molar-refractivity contribution in [2.75, 3.05) is 13.1 Å². The van der Waals surface area contributed by atoms with Gasteiger partial charge in [0.1, 0.15) is 12.1 Å². The van der Waals surface area contributed by atoms with E-state index in [4.69, 9.17) is 0 Å². The van der Waals surface area contributed by atoms with Crippen LogP contribution in [0.4, 0.5) is 4.79 Å². The van der Waals surface area contributed by atoms with Crippen molar-refractivity contribution in [3.63, 3.8) is 0 Å². The van der Waals surface area contributed by atoms with E-state index in [9.17, 15) is 14.4 Å². The van der Waals surface area contributed by atoms with Gasteiger partial charge in [-0.05, 0) is 19.3 Å². The molecule has 0 aromatic rings. The zero-order valence-corrected chi connectivity index (χ0v) is 12.7. The van der Waals surface area contributed by atoms with Crippen LogP contribution in [-0.2, 0) is 9.59 Å². The third-order valence-electron chi connectivity index (χ3n) is 4.36. The summed E-state index contributed by atoms with van der Waals surface area (Å²) in [5, 5.41) is 5.57. The molecule has 0 radical (unpaired) electrons. The number of amides is 4. The van der Waals surface area contributed by atoms with Crippen molar-refractivity contribution in [2.24, 2.45) is 0 Å². The number of unbranched alkanes of at least 4 members (excludes halogenated alkanes) is 2. The number of carbonyl (C=O) groups excluding carboxylic acids is 3. The molecule has 21 heavy (non-hydrogen) atoms. The van der Waals surface area contributed by atoms with E-state index in [0.717, 1.165) is 43.4 Å². The summed E-state index contributed by atoms with van der Waals surface area (Å²) in [7, 11) is 0. The van der Waals surface area contributed by atoms with E-state index in [-0.39, 0.29) is 18.4 Å². The van der Waals surface area contributed by atoms with E-state index < -0.39 is 11.6 Å². The Morgan fingerprint density at radius 2 is 1.95 bits per heavy atom. The second-order valence-electron chi connectivity index (χ2n) is 6.02. The zero-order chi connectivity index (χ0) is 15.3. The largest absolute Gasteiger partial charge is 0.355 e. The summed E-state index contributed by atoms with van der Waals surface area (Å²) in [5.41, 5.74) is -0.738. The van der Waals surface area contributed by atoms with E-state index in [1.54, 1.807) is 0 Å². The van der Waals surface area contributed by atoms with E-state index in [1.165, 1.54) is 0 Å². The van der Waals surface area contributed by atoms with Crippen molar-refractivity contribution in [1.82, 2.24) is 15.5 Å². The van der Waals surface area contributed by atoms with E-state index >= 15 is 0 Å². The SMILES string of the molecule is CCCCCNC(=O)CN1C(=O)NC2(CCCCC2)C1=O. The van der Waals surface area contributed by atoms with Gasteiger partial charge < -0.3 is 10.6 Å². The summed E-state index contributed by atoms with van der Waals surface area (Å²) in [6.07, 6.45) is 7.44. The number of nitrogens with zero attached hydrogens (tertiary/aromatic N) is 1. The van der Waals surface area contributed by atoms with Crippen molar-refractivity contribution in [2.45, 2.75) is 63.8 Å². The van der Waals surface area contributed by atoms with E-state index in [1.807, 2.05) is 0 Å². The van der Waals surface area contributed by atoms with Gasteiger partial charge in [0.2, 0.25) is 5.91 Å². The third kappa shape index (κ3) is 3.54. The molecule has 2 fully saturated rings.